The van der Waals surface area contributed by atoms with Crippen molar-refractivity contribution in [3.8, 4) is 0 Å². The lowest BCUT2D eigenvalue weighted by molar-refractivity contribution is 0.0853. The average molecular weight is 234 g/mol. The van der Waals surface area contributed by atoms with Gasteiger partial charge in [-0.3, -0.25) is 4.79 Å². The van der Waals surface area contributed by atoms with Crippen LogP contribution in [0.1, 0.15) is 31.3 Å². The third kappa shape index (κ3) is 4.14. The molecule has 0 aliphatic rings. The van der Waals surface area contributed by atoms with E-state index >= 15 is 0 Å². The highest BCUT2D eigenvalue weighted by molar-refractivity contribution is 6.01. The van der Waals surface area contributed by atoms with Crippen molar-refractivity contribution in [1.29, 1.82) is 5.41 Å². The van der Waals surface area contributed by atoms with E-state index in [4.69, 9.17) is 5.41 Å². The second kappa shape index (κ2) is 6.52. The Bertz CT molecular complexity index is 396. The average Bonchev–Trinajstić information content (AvgIpc) is 2.31. The first-order valence-corrected chi connectivity index (χ1v) is 5.05. The van der Waals surface area contributed by atoms with Gasteiger partial charge in [0.25, 0.3) is 0 Å². The summed E-state index contributed by atoms with van der Waals surface area (Å²) >= 11 is 0. The van der Waals surface area contributed by atoms with Crippen molar-refractivity contribution in [2.75, 3.05) is 5.32 Å². The summed E-state index contributed by atoms with van der Waals surface area (Å²) < 4.78 is 0. The number of rotatable bonds is 3. The van der Waals surface area contributed by atoms with E-state index in [1.807, 2.05) is 20.8 Å². The van der Waals surface area contributed by atoms with Gasteiger partial charge >= 0.3 is 0 Å². The van der Waals surface area contributed by atoms with Crippen LogP contribution in [0.25, 0.3) is 0 Å². The molecule has 0 radical (unpaired) electrons. The molecule has 0 fully saturated rings. The molecule has 0 atom stereocenters. The second-order valence-electron chi connectivity index (χ2n) is 4.18. The molecule has 0 aromatic carbocycles. The summed E-state index contributed by atoms with van der Waals surface area (Å²) in [5.74, 6) is 0.410. The van der Waals surface area contributed by atoms with Gasteiger partial charge in [0.1, 0.15) is 5.69 Å². The molecular formula is C12H18N4O. The van der Waals surface area contributed by atoms with E-state index in [-0.39, 0.29) is 5.78 Å². The summed E-state index contributed by atoms with van der Waals surface area (Å²) in [5.41, 5.74) is -0.113. The number of ketones is 1. The lowest BCUT2D eigenvalue weighted by Crippen LogP contribution is -2.22. The minimum absolute atomic E-state index is 0.0417. The van der Waals surface area contributed by atoms with Crippen LogP contribution in [0.4, 0.5) is 5.82 Å². The largest absolute Gasteiger partial charge is 0.345 e. The molecule has 0 saturated heterocycles. The van der Waals surface area contributed by atoms with Crippen molar-refractivity contribution in [3.63, 3.8) is 0 Å². The molecule has 92 valence electrons. The summed E-state index contributed by atoms with van der Waals surface area (Å²) in [7, 11) is 0. The first-order valence-electron chi connectivity index (χ1n) is 5.05. The second-order valence-corrected chi connectivity index (χ2v) is 4.18. The van der Waals surface area contributed by atoms with Crippen molar-refractivity contribution in [2.24, 2.45) is 5.41 Å². The maximum atomic E-state index is 12.0. The van der Waals surface area contributed by atoms with Gasteiger partial charge in [-0.1, -0.05) is 27.4 Å². The predicted molar refractivity (Wildman–Crippen MR) is 69.5 cm³/mol. The van der Waals surface area contributed by atoms with Crippen LogP contribution in [-0.4, -0.2) is 22.5 Å². The highest BCUT2D eigenvalue weighted by Gasteiger charge is 2.26. The summed E-state index contributed by atoms with van der Waals surface area (Å²) in [5, 5.41) is 8.30. The number of nitrogens with zero attached hydrogens (tertiary/aromatic N) is 2. The molecule has 0 amide bonds. The van der Waals surface area contributed by atoms with Crippen molar-refractivity contribution in [2.45, 2.75) is 20.8 Å². The van der Waals surface area contributed by atoms with E-state index in [9.17, 15) is 4.79 Å². The first-order chi connectivity index (χ1) is 7.96. The minimum atomic E-state index is -0.465. The Kier molecular flexibility index (Phi) is 5.74. The number of carbonyl (C=O) groups is 1. The topological polar surface area (TPSA) is 78.7 Å². The molecule has 1 aromatic heterocycles. The van der Waals surface area contributed by atoms with Crippen LogP contribution < -0.4 is 5.32 Å². The molecule has 5 heteroatoms. The fourth-order valence-electron chi connectivity index (χ4n) is 1.06. The summed E-state index contributed by atoms with van der Waals surface area (Å²) in [4.78, 5) is 20.1. The van der Waals surface area contributed by atoms with Gasteiger partial charge in [-0.05, 0) is 12.9 Å². The number of aromatic nitrogens is 2. The normalized spacial score (nSPS) is 9.82. The highest BCUT2D eigenvalue weighted by Crippen LogP contribution is 2.22. The van der Waals surface area contributed by atoms with E-state index in [0.29, 0.717) is 11.5 Å². The molecule has 0 bridgehead atoms. The van der Waals surface area contributed by atoms with Gasteiger partial charge in [-0.25, -0.2) is 9.97 Å². The number of anilines is 1. The van der Waals surface area contributed by atoms with Gasteiger partial charge in [0.05, 0.1) is 0 Å². The van der Waals surface area contributed by atoms with Gasteiger partial charge in [-0.15, -0.1) is 0 Å². The molecule has 0 saturated carbocycles. The van der Waals surface area contributed by atoms with Crippen LogP contribution in [-0.2, 0) is 0 Å². The Morgan fingerprint density at radius 3 is 2.35 bits per heavy atom. The standard InChI is InChI=1S/C11H15N3O.CH3N/c1-5-12-10-8(13-6-7-14-10)9(15)11(2,3)4;1-2/h5-7H,1H2,2-4H3,(H,12,14);2H,1H2. The molecular weight excluding hydrogens is 216 g/mol. The summed E-state index contributed by atoms with van der Waals surface area (Å²) in [6, 6.07) is 0. The predicted octanol–water partition coefficient (Wildman–Crippen LogP) is 2.53. The zero-order valence-corrected chi connectivity index (χ0v) is 10.4. The minimum Gasteiger partial charge on any atom is -0.345 e. The Hall–Kier alpha value is -2.04. The molecule has 2 N–H and O–H groups in total. The third-order valence-electron chi connectivity index (χ3n) is 1.83. The van der Waals surface area contributed by atoms with Gasteiger partial charge in [0.2, 0.25) is 0 Å². The Morgan fingerprint density at radius 2 is 1.88 bits per heavy atom. The van der Waals surface area contributed by atoms with E-state index in [2.05, 4.69) is 28.6 Å². The molecule has 0 aliphatic heterocycles. The number of carbonyl (C=O) groups excluding carboxylic acids is 1. The molecule has 17 heavy (non-hydrogen) atoms. The van der Waals surface area contributed by atoms with Crippen LogP contribution in [0.3, 0.4) is 0 Å². The highest BCUT2D eigenvalue weighted by atomic mass is 16.1. The van der Waals surface area contributed by atoms with Gasteiger partial charge < -0.3 is 10.7 Å². The maximum Gasteiger partial charge on any atom is 0.190 e. The zero-order chi connectivity index (χ0) is 13.5. The number of hydrogen-bond acceptors (Lipinski definition) is 5. The summed E-state index contributed by atoms with van der Waals surface area (Å²) in [6.07, 6.45) is 4.52. The quantitative estimate of drug-likeness (QED) is 0.622. The molecule has 1 aromatic rings. The van der Waals surface area contributed by atoms with Crippen molar-refractivity contribution in [3.05, 3.63) is 30.9 Å². The number of hydrogen-bond donors (Lipinski definition) is 2. The van der Waals surface area contributed by atoms with Crippen molar-refractivity contribution < 1.29 is 4.79 Å². The zero-order valence-electron chi connectivity index (χ0n) is 10.4. The smallest absolute Gasteiger partial charge is 0.190 e. The van der Waals surface area contributed by atoms with Crippen LogP contribution in [0.15, 0.2) is 25.2 Å². The number of Topliss-reactive ketones (excluding diaryl/α,β-unsaturated/α-hetero) is 1. The lowest BCUT2D eigenvalue weighted by Gasteiger charge is -2.17. The monoisotopic (exact) mass is 234 g/mol. The van der Waals surface area contributed by atoms with E-state index < -0.39 is 5.41 Å². The van der Waals surface area contributed by atoms with Crippen LogP contribution in [0.5, 0.6) is 0 Å². The molecule has 0 aliphatic carbocycles. The first kappa shape index (κ1) is 15.0. The van der Waals surface area contributed by atoms with Crippen LogP contribution in [0, 0.1) is 10.8 Å². The molecule has 0 spiro atoms. The van der Waals surface area contributed by atoms with Crippen molar-refractivity contribution >= 4 is 18.3 Å². The third-order valence-corrected chi connectivity index (χ3v) is 1.83. The molecule has 1 rings (SSSR count). The Morgan fingerprint density at radius 1 is 1.35 bits per heavy atom. The molecule has 1 heterocycles. The SMILES string of the molecule is C=CNc1nccnc1C(=O)C(C)(C)C.C=N. The van der Waals surface area contributed by atoms with Crippen LogP contribution >= 0.6 is 0 Å². The van der Waals surface area contributed by atoms with E-state index in [0.717, 1.165) is 0 Å². The number of nitrogens with one attached hydrogen (secondary N) is 2. The lowest BCUT2D eigenvalue weighted by atomic mass is 9.89. The van der Waals surface area contributed by atoms with Crippen LogP contribution in [0.2, 0.25) is 0 Å². The Labute approximate surface area is 102 Å². The van der Waals surface area contributed by atoms with Gasteiger partial charge in [0, 0.05) is 17.8 Å². The molecule has 0 unspecified atom stereocenters. The van der Waals surface area contributed by atoms with Gasteiger partial charge in [-0.2, -0.15) is 0 Å². The fourth-order valence-corrected chi connectivity index (χ4v) is 1.06. The summed E-state index contributed by atoms with van der Waals surface area (Å²) in [6.45, 7) is 11.6. The van der Waals surface area contributed by atoms with Crippen molar-refractivity contribution in [1.82, 2.24) is 9.97 Å². The van der Waals surface area contributed by atoms with E-state index in [1.54, 1.807) is 0 Å². The fraction of sp³-hybridized carbons (Fsp3) is 0.333. The molecule has 5 nitrogen and oxygen atoms in total. The van der Waals surface area contributed by atoms with Gasteiger partial charge in [0.15, 0.2) is 11.6 Å². The van der Waals surface area contributed by atoms with E-state index in [1.165, 1.54) is 18.6 Å². The maximum absolute atomic E-state index is 12.0. The Balaban J connectivity index is 0.00000121.